The van der Waals surface area contributed by atoms with E-state index in [0.29, 0.717) is 6.04 Å². The van der Waals surface area contributed by atoms with Crippen molar-refractivity contribution in [2.75, 3.05) is 7.05 Å². The molecule has 0 bridgehead atoms. The fourth-order valence-electron chi connectivity index (χ4n) is 2.39. The van der Waals surface area contributed by atoms with Gasteiger partial charge in [0.2, 0.25) is 0 Å². The number of hydrogen-bond donors (Lipinski definition) is 1. The van der Waals surface area contributed by atoms with Gasteiger partial charge < -0.3 is 5.32 Å². The van der Waals surface area contributed by atoms with Gasteiger partial charge in [0.1, 0.15) is 0 Å². The molecule has 2 rings (SSSR count). The van der Waals surface area contributed by atoms with Crippen LogP contribution in [-0.2, 0) is 6.42 Å². The first-order valence-corrected chi connectivity index (χ1v) is 5.58. The first kappa shape index (κ1) is 9.72. The van der Waals surface area contributed by atoms with E-state index in [9.17, 15) is 0 Å². The van der Waals surface area contributed by atoms with E-state index in [-0.39, 0.29) is 0 Å². The Labute approximate surface area is 86.5 Å². The van der Waals surface area contributed by atoms with Crippen LogP contribution in [0, 0.1) is 6.92 Å². The standard InChI is InChI=1S/C13H19N/c1-10-7-8-11-5-3-4-6-13(14-2)12(11)9-10/h7-9,13-14H,3-6H2,1-2H3. The maximum Gasteiger partial charge on any atom is 0.0320 e. The van der Waals surface area contributed by atoms with Gasteiger partial charge in [0, 0.05) is 6.04 Å². The van der Waals surface area contributed by atoms with Gasteiger partial charge in [0.05, 0.1) is 0 Å². The van der Waals surface area contributed by atoms with Crippen LogP contribution < -0.4 is 5.32 Å². The number of aryl methyl sites for hydroxylation is 2. The van der Waals surface area contributed by atoms with Crippen LogP contribution in [-0.4, -0.2) is 7.05 Å². The summed E-state index contributed by atoms with van der Waals surface area (Å²) in [5, 5.41) is 3.43. The number of fused-ring (bicyclic) bond motifs is 1. The number of rotatable bonds is 1. The Morgan fingerprint density at radius 3 is 2.93 bits per heavy atom. The van der Waals surface area contributed by atoms with Crippen LogP contribution in [0.1, 0.15) is 42.0 Å². The maximum absolute atomic E-state index is 3.43. The quantitative estimate of drug-likeness (QED) is 0.670. The Morgan fingerprint density at radius 2 is 2.14 bits per heavy atom. The van der Waals surface area contributed by atoms with Crippen molar-refractivity contribution in [2.45, 2.75) is 38.6 Å². The van der Waals surface area contributed by atoms with Crippen LogP contribution in [0.25, 0.3) is 0 Å². The lowest BCUT2D eigenvalue weighted by Crippen LogP contribution is -2.16. The molecule has 1 aliphatic rings. The number of hydrogen-bond acceptors (Lipinski definition) is 1. The topological polar surface area (TPSA) is 12.0 Å². The Balaban J connectivity index is 2.40. The second-order valence-electron chi connectivity index (χ2n) is 4.29. The van der Waals surface area contributed by atoms with Gasteiger partial charge in [-0.05, 0) is 44.4 Å². The van der Waals surface area contributed by atoms with E-state index in [0.717, 1.165) is 0 Å². The van der Waals surface area contributed by atoms with Gasteiger partial charge in [0.15, 0.2) is 0 Å². The first-order chi connectivity index (χ1) is 6.81. The molecule has 1 N–H and O–H groups in total. The smallest absolute Gasteiger partial charge is 0.0320 e. The van der Waals surface area contributed by atoms with Gasteiger partial charge in [-0.3, -0.25) is 0 Å². The third-order valence-electron chi connectivity index (χ3n) is 3.21. The summed E-state index contributed by atoms with van der Waals surface area (Å²) in [4.78, 5) is 0. The minimum Gasteiger partial charge on any atom is -0.313 e. The van der Waals surface area contributed by atoms with Crippen LogP contribution in [0.15, 0.2) is 18.2 Å². The zero-order valence-corrected chi connectivity index (χ0v) is 9.14. The maximum atomic E-state index is 3.43. The van der Waals surface area contributed by atoms with E-state index in [1.807, 2.05) is 0 Å². The molecule has 1 unspecified atom stereocenters. The summed E-state index contributed by atoms with van der Waals surface area (Å²) < 4.78 is 0. The fraction of sp³-hybridized carbons (Fsp3) is 0.538. The summed E-state index contributed by atoms with van der Waals surface area (Å²) >= 11 is 0. The molecule has 1 aromatic carbocycles. The molecule has 1 aromatic rings. The van der Waals surface area contributed by atoms with Gasteiger partial charge in [-0.15, -0.1) is 0 Å². The predicted octanol–water partition coefficient (Wildman–Crippen LogP) is 2.98. The average Bonchev–Trinajstić information content (AvgIpc) is 2.39. The molecule has 0 spiro atoms. The Morgan fingerprint density at radius 1 is 1.29 bits per heavy atom. The van der Waals surface area contributed by atoms with E-state index in [1.165, 1.54) is 36.8 Å². The van der Waals surface area contributed by atoms with Crippen molar-refractivity contribution in [1.82, 2.24) is 5.32 Å². The van der Waals surface area contributed by atoms with Crippen LogP contribution in [0.5, 0.6) is 0 Å². The highest BCUT2D eigenvalue weighted by molar-refractivity contribution is 5.34. The van der Waals surface area contributed by atoms with Crippen LogP contribution >= 0.6 is 0 Å². The van der Waals surface area contributed by atoms with Gasteiger partial charge in [-0.25, -0.2) is 0 Å². The third kappa shape index (κ3) is 1.83. The Hall–Kier alpha value is -0.820. The highest BCUT2D eigenvalue weighted by atomic mass is 14.9. The lowest BCUT2D eigenvalue weighted by Gasteiger charge is -2.17. The van der Waals surface area contributed by atoms with Crippen LogP contribution in [0.4, 0.5) is 0 Å². The van der Waals surface area contributed by atoms with Gasteiger partial charge in [-0.1, -0.05) is 30.2 Å². The first-order valence-electron chi connectivity index (χ1n) is 5.58. The third-order valence-corrected chi connectivity index (χ3v) is 3.21. The summed E-state index contributed by atoms with van der Waals surface area (Å²) in [6.45, 7) is 2.18. The highest BCUT2D eigenvalue weighted by Gasteiger charge is 2.16. The Kier molecular flexibility index (Phi) is 2.87. The van der Waals surface area contributed by atoms with Gasteiger partial charge in [-0.2, -0.15) is 0 Å². The lowest BCUT2D eigenvalue weighted by atomic mass is 9.97. The Bertz CT molecular complexity index is 317. The second kappa shape index (κ2) is 4.14. The molecular formula is C13H19N. The summed E-state index contributed by atoms with van der Waals surface area (Å²) in [5.74, 6) is 0. The molecular weight excluding hydrogens is 170 g/mol. The van der Waals surface area contributed by atoms with Crippen molar-refractivity contribution in [3.8, 4) is 0 Å². The average molecular weight is 189 g/mol. The van der Waals surface area contributed by atoms with E-state index in [2.05, 4.69) is 37.5 Å². The molecule has 1 nitrogen and oxygen atoms in total. The molecule has 0 aliphatic heterocycles. The monoisotopic (exact) mass is 189 g/mol. The zero-order valence-electron chi connectivity index (χ0n) is 9.14. The molecule has 76 valence electrons. The van der Waals surface area contributed by atoms with E-state index in [1.54, 1.807) is 5.56 Å². The molecule has 1 heteroatoms. The predicted molar refractivity (Wildman–Crippen MR) is 60.5 cm³/mol. The minimum atomic E-state index is 0.576. The summed E-state index contributed by atoms with van der Waals surface area (Å²) in [5.41, 5.74) is 4.46. The molecule has 0 saturated carbocycles. The van der Waals surface area contributed by atoms with Crippen LogP contribution in [0.3, 0.4) is 0 Å². The number of nitrogens with one attached hydrogen (secondary N) is 1. The molecule has 14 heavy (non-hydrogen) atoms. The van der Waals surface area contributed by atoms with Crippen molar-refractivity contribution < 1.29 is 0 Å². The van der Waals surface area contributed by atoms with Crippen molar-refractivity contribution in [2.24, 2.45) is 0 Å². The van der Waals surface area contributed by atoms with Crippen LogP contribution in [0.2, 0.25) is 0 Å². The summed E-state index contributed by atoms with van der Waals surface area (Å²) in [7, 11) is 2.07. The highest BCUT2D eigenvalue weighted by Crippen LogP contribution is 2.28. The van der Waals surface area contributed by atoms with Crippen molar-refractivity contribution in [1.29, 1.82) is 0 Å². The van der Waals surface area contributed by atoms with Crippen molar-refractivity contribution in [3.05, 3.63) is 34.9 Å². The molecule has 1 aliphatic carbocycles. The minimum absolute atomic E-state index is 0.576. The molecule has 0 amide bonds. The zero-order chi connectivity index (χ0) is 9.97. The summed E-state index contributed by atoms with van der Waals surface area (Å²) in [6, 6.07) is 7.46. The fourth-order valence-corrected chi connectivity index (χ4v) is 2.39. The van der Waals surface area contributed by atoms with E-state index >= 15 is 0 Å². The normalized spacial score (nSPS) is 21.4. The molecule has 0 heterocycles. The van der Waals surface area contributed by atoms with E-state index in [4.69, 9.17) is 0 Å². The van der Waals surface area contributed by atoms with Gasteiger partial charge >= 0.3 is 0 Å². The largest absolute Gasteiger partial charge is 0.313 e. The molecule has 0 radical (unpaired) electrons. The molecule has 0 saturated heterocycles. The van der Waals surface area contributed by atoms with E-state index < -0.39 is 0 Å². The molecule has 0 fully saturated rings. The molecule has 0 aromatic heterocycles. The lowest BCUT2D eigenvalue weighted by molar-refractivity contribution is 0.533. The molecule has 1 atom stereocenters. The van der Waals surface area contributed by atoms with Gasteiger partial charge in [0.25, 0.3) is 0 Å². The van der Waals surface area contributed by atoms with Crippen molar-refractivity contribution in [3.63, 3.8) is 0 Å². The van der Waals surface area contributed by atoms with Crippen molar-refractivity contribution >= 4 is 0 Å². The SMILES string of the molecule is CNC1CCCCc2ccc(C)cc21. The second-order valence-corrected chi connectivity index (χ2v) is 4.29. The summed E-state index contributed by atoms with van der Waals surface area (Å²) in [6.07, 6.45) is 5.23. The number of benzene rings is 1.